The van der Waals surface area contributed by atoms with Crippen molar-refractivity contribution in [2.45, 2.75) is 19.4 Å². The molecule has 24 heavy (non-hydrogen) atoms. The van der Waals surface area contributed by atoms with Crippen molar-refractivity contribution in [3.63, 3.8) is 0 Å². The maximum atomic E-state index is 12.2. The van der Waals surface area contributed by atoms with E-state index < -0.39 is 0 Å². The number of nitrogens with one attached hydrogen (secondary N) is 2. The van der Waals surface area contributed by atoms with Crippen LogP contribution in [0.4, 0.5) is 0 Å². The van der Waals surface area contributed by atoms with Gasteiger partial charge in [-0.25, -0.2) is 0 Å². The molecule has 2 aromatic rings. The molecule has 0 aliphatic heterocycles. The average molecular weight is 369 g/mol. The topological polar surface area (TPSA) is 50.4 Å². The SMILES string of the molecule is COCCNCC(=O)NC(Cc1ccccc1)c1sccc1C.Cl. The van der Waals surface area contributed by atoms with Gasteiger partial charge in [0, 0.05) is 18.5 Å². The first-order valence-electron chi connectivity index (χ1n) is 7.77. The van der Waals surface area contributed by atoms with E-state index >= 15 is 0 Å². The minimum Gasteiger partial charge on any atom is -0.383 e. The van der Waals surface area contributed by atoms with Gasteiger partial charge in [0.2, 0.25) is 5.91 Å². The monoisotopic (exact) mass is 368 g/mol. The van der Waals surface area contributed by atoms with E-state index in [0.29, 0.717) is 19.7 Å². The van der Waals surface area contributed by atoms with Gasteiger partial charge >= 0.3 is 0 Å². The Hall–Kier alpha value is -1.40. The van der Waals surface area contributed by atoms with Crippen LogP contribution in [0.3, 0.4) is 0 Å². The zero-order valence-corrected chi connectivity index (χ0v) is 15.7. The van der Waals surface area contributed by atoms with Crippen molar-refractivity contribution in [2.24, 2.45) is 0 Å². The normalized spacial score (nSPS) is 11.6. The summed E-state index contributed by atoms with van der Waals surface area (Å²) < 4.78 is 4.97. The lowest BCUT2D eigenvalue weighted by atomic mass is 10.0. The Balaban J connectivity index is 0.00000288. The Morgan fingerprint density at radius 1 is 1.25 bits per heavy atom. The highest BCUT2D eigenvalue weighted by molar-refractivity contribution is 7.10. The molecule has 1 heterocycles. The third kappa shape index (κ3) is 6.61. The zero-order chi connectivity index (χ0) is 16.5. The first-order valence-corrected chi connectivity index (χ1v) is 8.65. The van der Waals surface area contributed by atoms with Crippen LogP contribution in [0.2, 0.25) is 0 Å². The molecule has 0 aliphatic carbocycles. The molecule has 1 atom stereocenters. The van der Waals surface area contributed by atoms with Gasteiger partial charge in [0.1, 0.15) is 0 Å². The fourth-order valence-corrected chi connectivity index (χ4v) is 3.40. The molecule has 132 valence electrons. The van der Waals surface area contributed by atoms with Crippen LogP contribution in [0.5, 0.6) is 0 Å². The average Bonchev–Trinajstić information content (AvgIpc) is 2.98. The minimum atomic E-state index is 0. The quantitative estimate of drug-likeness (QED) is 0.668. The number of carbonyl (C=O) groups is 1. The highest BCUT2D eigenvalue weighted by atomic mass is 35.5. The Labute approximate surface area is 154 Å². The molecule has 1 aromatic carbocycles. The second-order valence-electron chi connectivity index (χ2n) is 5.45. The molecular formula is C18H25ClN2O2S. The van der Waals surface area contributed by atoms with E-state index in [0.717, 1.165) is 6.42 Å². The summed E-state index contributed by atoms with van der Waals surface area (Å²) >= 11 is 1.70. The van der Waals surface area contributed by atoms with E-state index in [4.69, 9.17) is 4.74 Å². The molecule has 4 nitrogen and oxygen atoms in total. The summed E-state index contributed by atoms with van der Waals surface area (Å²) in [6.45, 7) is 3.67. The summed E-state index contributed by atoms with van der Waals surface area (Å²) in [5.74, 6) is 0.00911. The lowest BCUT2D eigenvalue weighted by Crippen LogP contribution is -2.38. The number of rotatable bonds is 9. The first kappa shape index (κ1) is 20.6. The van der Waals surface area contributed by atoms with Gasteiger partial charge < -0.3 is 15.4 Å². The maximum absolute atomic E-state index is 12.2. The van der Waals surface area contributed by atoms with Crippen molar-refractivity contribution in [1.29, 1.82) is 0 Å². The molecule has 0 saturated carbocycles. The van der Waals surface area contributed by atoms with Crippen LogP contribution in [-0.2, 0) is 16.0 Å². The van der Waals surface area contributed by atoms with Gasteiger partial charge in [0.15, 0.2) is 0 Å². The van der Waals surface area contributed by atoms with Crippen molar-refractivity contribution in [3.05, 3.63) is 57.8 Å². The zero-order valence-electron chi connectivity index (χ0n) is 14.1. The van der Waals surface area contributed by atoms with E-state index in [9.17, 15) is 4.79 Å². The molecule has 0 aliphatic rings. The molecule has 2 rings (SSSR count). The highest BCUT2D eigenvalue weighted by Gasteiger charge is 2.18. The van der Waals surface area contributed by atoms with E-state index in [1.54, 1.807) is 18.4 Å². The number of ether oxygens (including phenoxy) is 1. The van der Waals surface area contributed by atoms with Crippen molar-refractivity contribution in [1.82, 2.24) is 10.6 Å². The molecule has 2 N–H and O–H groups in total. The Morgan fingerprint density at radius 3 is 2.62 bits per heavy atom. The van der Waals surface area contributed by atoms with Gasteiger partial charge in [-0.2, -0.15) is 0 Å². The van der Waals surface area contributed by atoms with Gasteiger partial charge in [-0.3, -0.25) is 4.79 Å². The second kappa shape index (κ2) is 11.2. The first-order chi connectivity index (χ1) is 11.2. The molecule has 6 heteroatoms. The predicted molar refractivity (Wildman–Crippen MR) is 102 cm³/mol. The van der Waals surface area contributed by atoms with Gasteiger partial charge in [-0.1, -0.05) is 30.3 Å². The summed E-state index contributed by atoms with van der Waals surface area (Å²) in [6, 6.07) is 12.4. The van der Waals surface area contributed by atoms with Crippen molar-refractivity contribution >= 4 is 29.7 Å². The van der Waals surface area contributed by atoms with Crippen molar-refractivity contribution in [2.75, 3.05) is 26.8 Å². The molecular weight excluding hydrogens is 344 g/mol. The number of methoxy groups -OCH3 is 1. The standard InChI is InChI=1S/C18H24N2O2S.ClH/c1-14-8-11-23-18(14)16(12-15-6-4-3-5-7-15)20-17(21)13-19-9-10-22-2;/h3-8,11,16,19H,9-10,12-13H2,1-2H3,(H,20,21);1H. The van der Waals surface area contributed by atoms with Crippen LogP contribution in [0, 0.1) is 6.92 Å². The molecule has 0 radical (unpaired) electrons. The van der Waals surface area contributed by atoms with Crippen LogP contribution >= 0.6 is 23.7 Å². The Bertz CT molecular complexity index is 604. The van der Waals surface area contributed by atoms with E-state index in [-0.39, 0.29) is 24.4 Å². The number of thiophene rings is 1. The number of hydrogen-bond acceptors (Lipinski definition) is 4. The molecule has 1 unspecified atom stereocenters. The summed E-state index contributed by atoms with van der Waals surface area (Å²) in [5, 5.41) is 8.31. The van der Waals surface area contributed by atoms with Gasteiger partial charge in [-0.15, -0.1) is 23.7 Å². The molecule has 1 amide bonds. The van der Waals surface area contributed by atoms with Crippen molar-refractivity contribution in [3.8, 4) is 0 Å². The summed E-state index contributed by atoms with van der Waals surface area (Å²) in [4.78, 5) is 13.4. The number of hydrogen-bond donors (Lipinski definition) is 2. The lowest BCUT2D eigenvalue weighted by Gasteiger charge is -2.19. The molecule has 0 saturated heterocycles. The Morgan fingerprint density at radius 2 is 2.00 bits per heavy atom. The van der Waals surface area contributed by atoms with Gasteiger partial charge in [0.05, 0.1) is 19.2 Å². The van der Waals surface area contributed by atoms with Gasteiger partial charge in [-0.05, 0) is 35.9 Å². The minimum absolute atomic E-state index is 0. The van der Waals surface area contributed by atoms with E-state index in [2.05, 4.69) is 41.1 Å². The third-order valence-electron chi connectivity index (χ3n) is 3.60. The lowest BCUT2D eigenvalue weighted by molar-refractivity contribution is -0.121. The second-order valence-corrected chi connectivity index (χ2v) is 6.39. The molecule has 1 aromatic heterocycles. The summed E-state index contributed by atoms with van der Waals surface area (Å²) in [6.07, 6.45) is 0.798. The van der Waals surface area contributed by atoms with E-state index in [1.165, 1.54) is 16.0 Å². The number of benzene rings is 1. The number of carbonyl (C=O) groups excluding carboxylic acids is 1. The van der Waals surface area contributed by atoms with Crippen LogP contribution in [0.25, 0.3) is 0 Å². The van der Waals surface area contributed by atoms with Crippen LogP contribution in [0.15, 0.2) is 41.8 Å². The Kier molecular flexibility index (Phi) is 9.64. The fourth-order valence-electron chi connectivity index (χ4n) is 2.42. The fraction of sp³-hybridized carbons (Fsp3) is 0.389. The van der Waals surface area contributed by atoms with Crippen LogP contribution in [-0.4, -0.2) is 32.7 Å². The summed E-state index contributed by atoms with van der Waals surface area (Å²) in [7, 11) is 1.65. The number of amides is 1. The van der Waals surface area contributed by atoms with E-state index in [1.807, 2.05) is 18.2 Å². The highest BCUT2D eigenvalue weighted by Crippen LogP contribution is 2.26. The summed E-state index contributed by atoms with van der Waals surface area (Å²) in [5.41, 5.74) is 2.45. The number of halogens is 1. The van der Waals surface area contributed by atoms with Gasteiger partial charge in [0.25, 0.3) is 0 Å². The predicted octanol–water partition coefficient (Wildman–Crippen LogP) is 3.11. The van der Waals surface area contributed by atoms with Crippen LogP contribution < -0.4 is 10.6 Å². The molecule has 0 spiro atoms. The maximum Gasteiger partial charge on any atom is 0.234 e. The number of aryl methyl sites for hydroxylation is 1. The smallest absolute Gasteiger partial charge is 0.234 e. The molecule has 0 bridgehead atoms. The van der Waals surface area contributed by atoms with Crippen molar-refractivity contribution < 1.29 is 9.53 Å². The van der Waals surface area contributed by atoms with Crippen LogP contribution in [0.1, 0.15) is 22.0 Å². The third-order valence-corrected chi connectivity index (χ3v) is 4.74. The largest absolute Gasteiger partial charge is 0.383 e. The molecule has 0 fully saturated rings.